The second kappa shape index (κ2) is 8.48. The number of carbonyl (C=O) groups excluding carboxylic acids is 2. The summed E-state index contributed by atoms with van der Waals surface area (Å²) in [5.74, 6) is 0.238. The molecule has 0 spiro atoms. The lowest BCUT2D eigenvalue weighted by Gasteiger charge is -2.31. The first-order chi connectivity index (χ1) is 12.1. The molecule has 1 aliphatic carbocycles. The van der Waals surface area contributed by atoms with Crippen LogP contribution in [0.15, 0.2) is 24.3 Å². The Kier molecular flexibility index (Phi) is 6.08. The monoisotopic (exact) mass is 343 g/mol. The Morgan fingerprint density at radius 1 is 1.08 bits per heavy atom. The minimum atomic E-state index is 0.0284. The molecule has 1 aromatic rings. The Morgan fingerprint density at radius 3 is 2.52 bits per heavy atom. The van der Waals surface area contributed by atoms with Crippen LogP contribution < -0.4 is 10.6 Å². The number of nitrogens with one attached hydrogen (secondary N) is 2. The van der Waals surface area contributed by atoms with Gasteiger partial charge in [-0.1, -0.05) is 25.3 Å². The number of carbonyl (C=O) groups is 2. The summed E-state index contributed by atoms with van der Waals surface area (Å²) in [6.07, 6.45) is 7.43. The van der Waals surface area contributed by atoms with E-state index < -0.39 is 0 Å². The highest BCUT2D eigenvalue weighted by molar-refractivity contribution is 5.97. The van der Waals surface area contributed by atoms with Crippen molar-refractivity contribution in [2.75, 3.05) is 25.5 Å². The molecule has 0 bridgehead atoms. The molecule has 3 rings (SSSR count). The van der Waals surface area contributed by atoms with Gasteiger partial charge in [-0.25, -0.2) is 0 Å². The van der Waals surface area contributed by atoms with E-state index in [1.165, 1.54) is 6.42 Å². The summed E-state index contributed by atoms with van der Waals surface area (Å²) in [7, 11) is 1.88. The summed E-state index contributed by atoms with van der Waals surface area (Å²) < 4.78 is 0. The van der Waals surface area contributed by atoms with Crippen molar-refractivity contribution in [2.24, 2.45) is 5.92 Å². The zero-order valence-electron chi connectivity index (χ0n) is 15.1. The third-order valence-electron chi connectivity index (χ3n) is 5.53. The molecule has 1 aromatic carbocycles. The van der Waals surface area contributed by atoms with Crippen LogP contribution >= 0.6 is 0 Å². The molecule has 136 valence electrons. The summed E-state index contributed by atoms with van der Waals surface area (Å²) in [6.45, 7) is 1.92. The zero-order valence-corrected chi connectivity index (χ0v) is 15.1. The van der Waals surface area contributed by atoms with Gasteiger partial charge < -0.3 is 15.5 Å². The highest BCUT2D eigenvalue weighted by Crippen LogP contribution is 2.25. The van der Waals surface area contributed by atoms with Crippen LogP contribution in [0.1, 0.15) is 55.3 Å². The van der Waals surface area contributed by atoms with E-state index >= 15 is 0 Å². The number of hydrogen-bond acceptors (Lipinski definition) is 3. The van der Waals surface area contributed by atoms with Gasteiger partial charge in [0.15, 0.2) is 0 Å². The topological polar surface area (TPSA) is 61.4 Å². The Morgan fingerprint density at radius 2 is 1.80 bits per heavy atom. The van der Waals surface area contributed by atoms with E-state index in [4.69, 9.17) is 0 Å². The minimum Gasteiger partial charge on any atom is -0.339 e. The van der Waals surface area contributed by atoms with Gasteiger partial charge in [0.2, 0.25) is 5.91 Å². The molecule has 2 N–H and O–H groups in total. The Labute approximate surface area is 150 Å². The number of amides is 2. The Hall–Kier alpha value is -1.88. The summed E-state index contributed by atoms with van der Waals surface area (Å²) in [4.78, 5) is 27.0. The maximum absolute atomic E-state index is 12.8. The molecular formula is C20H29N3O2. The first-order valence-corrected chi connectivity index (χ1v) is 9.54. The van der Waals surface area contributed by atoms with Gasteiger partial charge in [-0.05, 0) is 57.0 Å². The lowest BCUT2D eigenvalue weighted by molar-refractivity contribution is -0.120. The second-order valence-corrected chi connectivity index (χ2v) is 7.30. The second-order valence-electron chi connectivity index (χ2n) is 7.30. The molecule has 0 aromatic heterocycles. The van der Waals surface area contributed by atoms with Crippen LogP contribution in [0.25, 0.3) is 0 Å². The van der Waals surface area contributed by atoms with Crippen molar-refractivity contribution >= 4 is 17.5 Å². The maximum atomic E-state index is 12.8. The smallest absolute Gasteiger partial charge is 0.253 e. The Bertz CT molecular complexity index is 605. The zero-order chi connectivity index (χ0) is 17.6. The largest absolute Gasteiger partial charge is 0.339 e. The summed E-state index contributed by atoms with van der Waals surface area (Å²) in [6, 6.07) is 7.63. The van der Waals surface area contributed by atoms with Crippen molar-refractivity contribution < 1.29 is 9.59 Å². The fourth-order valence-corrected chi connectivity index (χ4v) is 3.90. The van der Waals surface area contributed by atoms with Gasteiger partial charge in [-0.2, -0.15) is 0 Å². The minimum absolute atomic E-state index is 0.0284. The molecule has 1 saturated carbocycles. The quantitative estimate of drug-likeness (QED) is 0.883. The molecule has 25 heavy (non-hydrogen) atoms. The van der Waals surface area contributed by atoms with Gasteiger partial charge in [0.05, 0.1) is 0 Å². The van der Waals surface area contributed by atoms with Crippen LogP contribution in [0, 0.1) is 5.92 Å². The molecule has 1 saturated heterocycles. The molecule has 2 aliphatic rings. The molecule has 0 unspecified atom stereocenters. The predicted molar refractivity (Wildman–Crippen MR) is 99.6 cm³/mol. The van der Waals surface area contributed by atoms with Crippen molar-refractivity contribution in [2.45, 2.75) is 51.0 Å². The number of piperidine rings is 1. The van der Waals surface area contributed by atoms with E-state index in [1.54, 1.807) is 6.07 Å². The number of nitrogens with zero attached hydrogens (tertiary/aromatic N) is 1. The standard InChI is InChI=1S/C20H29N3O2/c1-23(18-10-12-21-13-11-18)20(25)16-8-5-9-17(14-16)22-19(24)15-6-3-2-4-7-15/h5,8-9,14-15,18,21H,2-4,6-7,10-13H2,1H3,(H,22,24). The summed E-state index contributed by atoms with van der Waals surface area (Å²) >= 11 is 0. The number of anilines is 1. The molecule has 5 nitrogen and oxygen atoms in total. The first-order valence-electron chi connectivity index (χ1n) is 9.54. The number of rotatable bonds is 4. The van der Waals surface area contributed by atoms with Crippen molar-refractivity contribution in [1.29, 1.82) is 0 Å². The first kappa shape index (κ1) is 17.9. The molecule has 2 amide bonds. The van der Waals surface area contributed by atoms with Gasteiger partial charge in [-0.15, -0.1) is 0 Å². The van der Waals surface area contributed by atoms with Crippen LogP contribution in [-0.2, 0) is 4.79 Å². The third-order valence-corrected chi connectivity index (χ3v) is 5.53. The van der Waals surface area contributed by atoms with Crippen LogP contribution in [0.4, 0.5) is 5.69 Å². The van der Waals surface area contributed by atoms with Gasteiger partial charge in [-0.3, -0.25) is 9.59 Å². The normalized spacial score (nSPS) is 19.4. The lowest BCUT2D eigenvalue weighted by Crippen LogP contribution is -2.43. The fraction of sp³-hybridized carbons (Fsp3) is 0.600. The van der Waals surface area contributed by atoms with E-state index in [0.29, 0.717) is 5.56 Å². The SMILES string of the molecule is CN(C(=O)c1cccc(NC(=O)C2CCCCC2)c1)C1CCNCC1. The van der Waals surface area contributed by atoms with Gasteiger partial charge in [0.25, 0.3) is 5.91 Å². The molecule has 5 heteroatoms. The van der Waals surface area contributed by atoms with E-state index in [2.05, 4.69) is 10.6 Å². The van der Waals surface area contributed by atoms with Crippen molar-refractivity contribution in [3.05, 3.63) is 29.8 Å². The molecule has 0 atom stereocenters. The van der Waals surface area contributed by atoms with Crippen LogP contribution in [-0.4, -0.2) is 42.9 Å². The average Bonchev–Trinajstić information content (AvgIpc) is 2.68. The summed E-state index contributed by atoms with van der Waals surface area (Å²) in [5, 5.41) is 6.33. The molecule has 1 aliphatic heterocycles. The average molecular weight is 343 g/mol. The van der Waals surface area contributed by atoms with Crippen LogP contribution in [0.2, 0.25) is 0 Å². The molecule has 2 fully saturated rings. The number of benzene rings is 1. The van der Waals surface area contributed by atoms with E-state index in [1.807, 2.05) is 30.1 Å². The van der Waals surface area contributed by atoms with Gasteiger partial charge in [0.1, 0.15) is 0 Å². The van der Waals surface area contributed by atoms with Gasteiger partial charge in [0, 0.05) is 30.3 Å². The van der Waals surface area contributed by atoms with Crippen molar-refractivity contribution in [3.8, 4) is 0 Å². The van der Waals surface area contributed by atoms with E-state index in [0.717, 1.165) is 57.3 Å². The maximum Gasteiger partial charge on any atom is 0.253 e. The predicted octanol–water partition coefficient (Wildman–Crippen LogP) is 3.03. The Balaban J connectivity index is 1.63. The van der Waals surface area contributed by atoms with E-state index in [-0.39, 0.29) is 23.8 Å². The molecule has 0 radical (unpaired) electrons. The molecular weight excluding hydrogens is 314 g/mol. The number of hydrogen-bond donors (Lipinski definition) is 2. The van der Waals surface area contributed by atoms with E-state index in [9.17, 15) is 9.59 Å². The van der Waals surface area contributed by atoms with Crippen molar-refractivity contribution in [1.82, 2.24) is 10.2 Å². The molecule has 1 heterocycles. The fourth-order valence-electron chi connectivity index (χ4n) is 3.90. The van der Waals surface area contributed by atoms with Crippen molar-refractivity contribution in [3.63, 3.8) is 0 Å². The van der Waals surface area contributed by atoms with Crippen LogP contribution in [0.5, 0.6) is 0 Å². The van der Waals surface area contributed by atoms with Crippen LogP contribution in [0.3, 0.4) is 0 Å². The third kappa shape index (κ3) is 4.60. The highest BCUT2D eigenvalue weighted by Gasteiger charge is 2.24. The summed E-state index contributed by atoms with van der Waals surface area (Å²) in [5.41, 5.74) is 1.36. The van der Waals surface area contributed by atoms with Gasteiger partial charge >= 0.3 is 0 Å². The highest BCUT2D eigenvalue weighted by atomic mass is 16.2. The lowest BCUT2D eigenvalue weighted by atomic mass is 9.88.